The molecule has 3 nitrogen and oxygen atoms in total. The third kappa shape index (κ3) is 3.97. The topological polar surface area (TPSA) is 46.3 Å². The Kier molecular flexibility index (Phi) is 6.34. The molecule has 116 valence electrons. The lowest BCUT2D eigenvalue weighted by Gasteiger charge is -2.39. The normalized spacial score (nSPS) is 31.3. The molecule has 1 aliphatic carbocycles. The monoisotopic (exact) mass is 280 g/mol. The fraction of sp³-hybridized carbons (Fsp3) is 0.941. The second-order valence-corrected chi connectivity index (χ2v) is 6.78. The minimum absolute atomic E-state index is 0.292. The van der Waals surface area contributed by atoms with Crippen molar-refractivity contribution < 1.29 is 4.79 Å². The molecule has 1 atom stereocenters. The van der Waals surface area contributed by atoms with E-state index in [9.17, 15) is 4.79 Å². The second-order valence-electron chi connectivity index (χ2n) is 6.78. The summed E-state index contributed by atoms with van der Waals surface area (Å²) in [5.74, 6) is 1.58. The predicted molar refractivity (Wildman–Crippen MR) is 83.4 cm³/mol. The molecule has 1 amide bonds. The minimum atomic E-state index is 0.292. The van der Waals surface area contributed by atoms with E-state index in [-0.39, 0.29) is 0 Å². The lowest BCUT2D eigenvalue weighted by molar-refractivity contribution is -0.140. The van der Waals surface area contributed by atoms with Crippen LogP contribution in [0.25, 0.3) is 0 Å². The van der Waals surface area contributed by atoms with E-state index < -0.39 is 0 Å². The van der Waals surface area contributed by atoms with Crippen LogP contribution < -0.4 is 5.73 Å². The van der Waals surface area contributed by atoms with Crippen LogP contribution in [0.4, 0.5) is 0 Å². The SMILES string of the molecule is CCCCC1CCC(C(=O)N2CCCCC2CN)CC1. The molecule has 1 heterocycles. The first-order chi connectivity index (χ1) is 9.76. The van der Waals surface area contributed by atoms with Gasteiger partial charge in [-0.2, -0.15) is 0 Å². The molecular formula is C17H32N2O. The smallest absolute Gasteiger partial charge is 0.225 e. The summed E-state index contributed by atoms with van der Waals surface area (Å²) < 4.78 is 0. The lowest BCUT2D eigenvalue weighted by Crippen LogP contribution is -2.50. The van der Waals surface area contributed by atoms with E-state index in [0.717, 1.165) is 38.1 Å². The number of carbonyl (C=O) groups excluding carboxylic acids is 1. The maximum absolute atomic E-state index is 12.7. The number of amides is 1. The first-order valence-corrected chi connectivity index (χ1v) is 8.76. The fourth-order valence-electron chi connectivity index (χ4n) is 3.96. The summed E-state index contributed by atoms with van der Waals surface area (Å²) in [6, 6.07) is 0.314. The third-order valence-corrected chi connectivity index (χ3v) is 5.34. The Balaban J connectivity index is 1.81. The van der Waals surface area contributed by atoms with Gasteiger partial charge in [0, 0.05) is 25.0 Å². The summed E-state index contributed by atoms with van der Waals surface area (Å²) >= 11 is 0. The van der Waals surface area contributed by atoms with Gasteiger partial charge < -0.3 is 10.6 Å². The van der Waals surface area contributed by atoms with Gasteiger partial charge in [0.05, 0.1) is 0 Å². The van der Waals surface area contributed by atoms with E-state index in [1.54, 1.807) is 0 Å². The standard InChI is InChI=1S/C17H32N2O/c1-2-3-6-14-8-10-15(11-9-14)17(20)19-12-5-4-7-16(19)13-18/h14-16H,2-13,18H2,1H3. The van der Waals surface area contributed by atoms with Gasteiger partial charge >= 0.3 is 0 Å². The average molecular weight is 280 g/mol. The van der Waals surface area contributed by atoms with Crippen LogP contribution in [-0.4, -0.2) is 29.9 Å². The molecule has 2 fully saturated rings. The Hall–Kier alpha value is -0.570. The summed E-state index contributed by atoms with van der Waals surface area (Å²) in [5.41, 5.74) is 5.84. The van der Waals surface area contributed by atoms with Gasteiger partial charge in [0.2, 0.25) is 5.91 Å². The van der Waals surface area contributed by atoms with Crippen LogP contribution in [-0.2, 0) is 4.79 Å². The summed E-state index contributed by atoms with van der Waals surface area (Å²) in [4.78, 5) is 14.8. The molecule has 0 spiro atoms. The fourth-order valence-corrected chi connectivity index (χ4v) is 3.96. The number of nitrogens with zero attached hydrogens (tertiary/aromatic N) is 1. The van der Waals surface area contributed by atoms with Crippen LogP contribution in [0.5, 0.6) is 0 Å². The van der Waals surface area contributed by atoms with Gasteiger partial charge in [0.1, 0.15) is 0 Å². The molecule has 3 heteroatoms. The number of rotatable bonds is 5. The van der Waals surface area contributed by atoms with E-state index in [1.165, 1.54) is 38.5 Å². The van der Waals surface area contributed by atoms with Crippen molar-refractivity contribution in [2.24, 2.45) is 17.6 Å². The molecule has 1 aliphatic heterocycles. The van der Waals surface area contributed by atoms with E-state index in [4.69, 9.17) is 5.73 Å². The van der Waals surface area contributed by atoms with Crippen LogP contribution >= 0.6 is 0 Å². The van der Waals surface area contributed by atoms with Crippen LogP contribution in [0.2, 0.25) is 0 Å². The maximum Gasteiger partial charge on any atom is 0.225 e. The third-order valence-electron chi connectivity index (χ3n) is 5.34. The Morgan fingerprint density at radius 1 is 1.15 bits per heavy atom. The molecule has 20 heavy (non-hydrogen) atoms. The van der Waals surface area contributed by atoms with Gasteiger partial charge in [-0.1, -0.05) is 26.2 Å². The van der Waals surface area contributed by atoms with E-state index in [2.05, 4.69) is 11.8 Å². The van der Waals surface area contributed by atoms with Crippen molar-refractivity contribution in [3.05, 3.63) is 0 Å². The van der Waals surface area contributed by atoms with Crippen molar-refractivity contribution in [2.45, 2.75) is 77.2 Å². The number of likely N-dealkylation sites (tertiary alicyclic amines) is 1. The van der Waals surface area contributed by atoms with E-state index in [1.807, 2.05) is 0 Å². The Labute approximate surface area is 124 Å². The molecule has 0 aromatic carbocycles. The van der Waals surface area contributed by atoms with Crippen molar-refractivity contribution in [1.29, 1.82) is 0 Å². The van der Waals surface area contributed by atoms with Gasteiger partial charge in [-0.05, 0) is 50.9 Å². The van der Waals surface area contributed by atoms with Crippen molar-refractivity contribution in [2.75, 3.05) is 13.1 Å². The van der Waals surface area contributed by atoms with Crippen molar-refractivity contribution in [3.63, 3.8) is 0 Å². The molecule has 1 saturated carbocycles. The van der Waals surface area contributed by atoms with Gasteiger partial charge in [-0.25, -0.2) is 0 Å². The number of hydrogen-bond donors (Lipinski definition) is 1. The van der Waals surface area contributed by atoms with Crippen LogP contribution in [0.3, 0.4) is 0 Å². The molecule has 0 aromatic rings. The number of carbonyl (C=O) groups is 1. The largest absolute Gasteiger partial charge is 0.338 e. The maximum atomic E-state index is 12.7. The number of nitrogens with two attached hydrogens (primary N) is 1. The predicted octanol–water partition coefficient (Wildman–Crippen LogP) is 3.32. The molecule has 1 saturated heterocycles. The molecular weight excluding hydrogens is 248 g/mol. The number of hydrogen-bond acceptors (Lipinski definition) is 2. The highest BCUT2D eigenvalue weighted by atomic mass is 16.2. The van der Waals surface area contributed by atoms with Crippen LogP contribution in [0, 0.1) is 11.8 Å². The summed E-state index contributed by atoms with van der Waals surface area (Å²) in [6.07, 6.45) is 12.3. The van der Waals surface area contributed by atoms with E-state index >= 15 is 0 Å². The molecule has 1 unspecified atom stereocenters. The second kappa shape index (κ2) is 8.02. The minimum Gasteiger partial charge on any atom is -0.338 e. The van der Waals surface area contributed by atoms with Crippen LogP contribution in [0.1, 0.15) is 71.1 Å². The van der Waals surface area contributed by atoms with Gasteiger partial charge in [0.25, 0.3) is 0 Å². The van der Waals surface area contributed by atoms with Gasteiger partial charge in [0.15, 0.2) is 0 Å². The van der Waals surface area contributed by atoms with Crippen LogP contribution in [0.15, 0.2) is 0 Å². The zero-order valence-electron chi connectivity index (χ0n) is 13.2. The van der Waals surface area contributed by atoms with Crippen molar-refractivity contribution >= 4 is 5.91 Å². The van der Waals surface area contributed by atoms with Crippen molar-refractivity contribution in [3.8, 4) is 0 Å². The summed E-state index contributed by atoms with van der Waals surface area (Å²) in [6.45, 7) is 3.84. The highest BCUT2D eigenvalue weighted by Crippen LogP contribution is 2.33. The zero-order valence-corrected chi connectivity index (χ0v) is 13.2. The average Bonchev–Trinajstić information content (AvgIpc) is 2.52. The van der Waals surface area contributed by atoms with E-state index in [0.29, 0.717) is 24.4 Å². The lowest BCUT2D eigenvalue weighted by atomic mass is 9.79. The Morgan fingerprint density at radius 2 is 1.90 bits per heavy atom. The number of piperidine rings is 1. The molecule has 2 rings (SSSR count). The summed E-state index contributed by atoms with van der Waals surface area (Å²) in [7, 11) is 0. The van der Waals surface area contributed by atoms with Gasteiger partial charge in [-0.3, -0.25) is 4.79 Å². The molecule has 2 N–H and O–H groups in total. The Bertz CT molecular complexity index is 297. The molecule has 0 radical (unpaired) electrons. The van der Waals surface area contributed by atoms with Gasteiger partial charge in [-0.15, -0.1) is 0 Å². The zero-order chi connectivity index (χ0) is 14.4. The molecule has 0 aromatic heterocycles. The molecule has 0 bridgehead atoms. The Morgan fingerprint density at radius 3 is 2.55 bits per heavy atom. The summed E-state index contributed by atoms with van der Waals surface area (Å²) in [5, 5.41) is 0. The number of unbranched alkanes of at least 4 members (excludes halogenated alkanes) is 1. The van der Waals surface area contributed by atoms with Crippen molar-refractivity contribution in [1.82, 2.24) is 4.90 Å². The molecule has 2 aliphatic rings. The first kappa shape index (κ1) is 15.8. The highest BCUT2D eigenvalue weighted by Gasteiger charge is 2.33. The first-order valence-electron chi connectivity index (χ1n) is 8.76. The highest BCUT2D eigenvalue weighted by molar-refractivity contribution is 5.79. The quantitative estimate of drug-likeness (QED) is 0.839.